The van der Waals surface area contributed by atoms with Gasteiger partial charge in [0, 0.05) is 0 Å². The highest BCUT2D eigenvalue weighted by atomic mass is 19.4. The lowest BCUT2D eigenvalue weighted by Gasteiger charge is -2.06. The average molecular weight is 237 g/mol. The molecule has 1 rings (SSSR count). The molecule has 0 saturated heterocycles. The van der Waals surface area contributed by atoms with E-state index in [4.69, 9.17) is 0 Å². The lowest BCUT2D eigenvalue weighted by atomic mass is 10.2. The number of benzene rings is 1. The van der Waals surface area contributed by atoms with Crippen LogP contribution in [0.15, 0.2) is 29.3 Å². The molecule has 0 radical (unpaired) electrons. The van der Waals surface area contributed by atoms with Crippen LogP contribution in [0, 0.1) is 0 Å². The minimum atomic E-state index is -4.43. The Balaban J connectivity index is 2.92. The van der Waals surface area contributed by atoms with E-state index in [9.17, 15) is 22.0 Å². The summed E-state index contributed by atoms with van der Waals surface area (Å²) in [7, 11) is 0. The van der Waals surface area contributed by atoms with Crippen LogP contribution in [-0.2, 0) is 6.18 Å². The van der Waals surface area contributed by atoms with E-state index in [1.54, 1.807) is 0 Å². The average Bonchev–Trinajstić information content (AvgIpc) is 2.17. The van der Waals surface area contributed by atoms with Crippen molar-refractivity contribution < 1.29 is 22.0 Å². The molecule has 0 atom stereocenters. The Morgan fingerprint density at radius 3 is 2.00 bits per heavy atom. The minimum Gasteiger partial charge on any atom is -0.252 e. The summed E-state index contributed by atoms with van der Waals surface area (Å²) in [6, 6.07) is 3.71. The zero-order valence-electron chi connectivity index (χ0n) is 8.22. The van der Waals surface area contributed by atoms with E-state index in [-0.39, 0.29) is 5.69 Å². The van der Waals surface area contributed by atoms with Crippen LogP contribution >= 0.6 is 0 Å². The summed E-state index contributed by atoms with van der Waals surface area (Å²) >= 11 is 0. The summed E-state index contributed by atoms with van der Waals surface area (Å²) in [5, 5.41) is 0. The minimum absolute atomic E-state index is 0.0748. The Hall–Kier alpha value is -1.46. The van der Waals surface area contributed by atoms with Crippen molar-refractivity contribution in [3.63, 3.8) is 0 Å². The van der Waals surface area contributed by atoms with Crippen molar-refractivity contribution in [2.45, 2.75) is 19.5 Å². The van der Waals surface area contributed by atoms with Crippen molar-refractivity contribution in [3.8, 4) is 0 Å². The smallest absolute Gasteiger partial charge is 0.252 e. The molecule has 16 heavy (non-hydrogen) atoms. The standard InChI is InChI=1S/C10H8F5N/c1-6(9(11)12)16-8-4-2-7(3-5-8)10(13,14)15/h2-5,9H,1H3. The fraction of sp³-hybridized carbons (Fsp3) is 0.300. The first-order chi connectivity index (χ1) is 7.30. The molecule has 1 aromatic carbocycles. The molecule has 0 amide bonds. The van der Waals surface area contributed by atoms with E-state index in [2.05, 4.69) is 4.99 Å². The van der Waals surface area contributed by atoms with Gasteiger partial charge in [-0.2, -0.15) is 13.2 Å². The van der Waals surface area contributed by atoms with Gasteiger partial charge in [-0.15, -0.1) is 0 Å². The summed E-state index contributed by atoms with van der Waals surface area (Å²) in [6.07, 6.45) is -7.14. The summed E-state index contributed by atoms with van der Waals surface area (Å²) in [5.74, 6) is 0. The fourth-order valence-corrected chi connectivity index (χ4v) is 0.977. The Bertz CT molecular complexity index is 377. The highest BCUT2D eigenvalue weighted by molar-refractivity contribution is 5.87. The molecule has 1 aromatic rings. The van der Waals surface area contributed by atoms with Crippen LogP contribution in [0.1, 0.15) is 12.5 Å². The number of hydrogen-bond donors (Lipinski definition) is 0. The van der Waals surface area contributed by atoms with Gasteiger partial charge in [-0.1, -0.05) is 0 Å². The van der Waals surface area contributed by atoms with Crippen LogP contribution in [0.3, 0.4) is 0 Å². The summed E-state index contributed by atoms with van der Waals surface area (Å²) in [4.78, 5) is 3.48. The molecule has 0 heterocycles. The molecule has 0 spiro atoms. The molecule has 6 heteroatoms. The Morgan fingerprint density at radius 1 is 1.12 bits per heavy atom. The molecular formula is C10H8F5N. The third kappa shape index (κ3) is 3.29. The predicted molar refractivity (Wildman–Crippen MR) is 50.2 cm³/mol. The summed E-state index contributed by atoms with van der Waals surface area (Å²) in [5.41, 5.74) is -1.19. The molecule has 0 aromatic heterocycles. The van der Waals surface area contributed by atoms with Crippen LogP contribution in [0.5, 0.6) is 0 Å². The van der Waals surface area contributed by atoms with E-state index in [1.165, 1.54) is 0 Å². The first kappa shape index (κ1) is 12.6. The maximum Gasteiger partial charge on any atom is 0.416 e. The van der Waals surface area contributed by atoms with E-state index in [0.29, 0.717) is 0 Å². The molecular weight excluding hydrogens is 229 g/mol. The summed E-state index contributed by atoms with van der Waals surface area (Å²) in [6.45, 7) is 1.11. The highest BCUT2D eigenvalue weighted by Crippen LogP contribution is 2.30. The van der Waals surface area contributed by atoms with Gasteiger partial charge in [0.1, 0.15) is 0 Å². The molecule has 0 aliphatic carbocycles. The van der Waals surface area contributed by atoms with Crippen molar-refractivity contribution in [1.29, 1.82) is 0 Å². The SMILES string of the molecule is CC(=Nc1ccc(C(F)(F)F)cc1)C(F)F. The summed E-state index contributed by atoms with van der Waals surface area (Å²) < 4.78 is 60.6. The van der Waals surface area contributed by atoms with Crippen LogP contribution in [0.2, 0.25) is 0 Å². The van der Waals surface area contributed by atoms with Gasteiger partial charge in [-0.05, 0) is 31.2 Å². The fourth-order valence-electron chi connectivity index (χ4n) is 0.977. The van der Waals surface area contributed by atoms with Crippen LogP contribution in [0.25, 0.3) is 0 Å². The van der Waals surface area contributed by atoms with E-state index < -0.39 is 23.9 Å². The van der Waals surface area contributed by atoms with Gasteiger partial charge in [0.25, 0.3) is 6.43 Å². The second-order valence-corrected chi connectivity index (χ2v) is 3.10. The van der Waals surface area contributed by atoms with Crippen molar-refractivity contribution in [3.05, 3.63) is 29.8 Å². The van der Waals surface area contributed by atoms with Gasteiger partial charge in [0.15, 0.2) is 0 Å². The van der Waals surface area contributed by atoms with Gasteiger partial charge in [0.05, 0.1) is 17.0 Å². The zero-order valence-corrected chi connectivity index (χ0v) is 8.22. The van der Waals surface area contributed by atoms with Crippen molar-refractivity contribution in [1.82, 2.24) is 0 Å². The molecule has 0 aliphatic heterocycles. The quantitative estimate of drug-likeness (QED) is 0.543. The van der Waals surface area contributed by atoms with E-state index in [0.717, 1.165) is 31.2 Å². The largest absolute Gasteiger partial charge is 0.416 e. The van der Waals surface area contributed by atoms with Gasteiger partial charge < -0.3 is 0 Å². The van der Waals surface area contributed by atoms with Crippen LogP contribution < -0.4 is 0 Å². The molecule has 0 fully saturated rings. The lowest BCUT2D eigenvalue weighted by molar-refractivity contribution is -0.137. The molecule has 0 unspecified atom stereocenters. The van der Waals surface area contributed by atoms with Gasteiger partial charge in [0.2, 0.25) is 0 Å². The van der Waals surface area contributed by atoms with Crippen molar-refractivity contribution in [2.24, 2.45) is 4.99 Å². The number of hydrogen-bond acceptors (Lipinski definition) is 1. The number of nitrogens with zero attached hydrogens (tertiary/aromatic N) is 1. The highest BCUT2D eigenvalue weighted by Gasteiger charge is 2.29. The molecule has 0 bridgehead atoms. The van der Waals surface area contributed by atoms with Gasteiger partial charge in [-0.3, -0.25) is 4.99 Å². The molecule has 1 nitrogen and oxygen atoms in total. The predicted octanol–water partition coefficient (Wildman–Crippen LogP) is 4.06. The monoisotopic (exact) mass is 237 g/mol. The Morgan fingerprint density at radius 2 is 1.62 bits per heavy atom. The third-order valence-electron chi connectivity index (χ3n) is 1.82. The molecule has 0 N–H and O–H groups in total. The number of aliphatic imine (C=N–C) groups is 1. The number of alkyl halides is 5. The maximum atomic E-state index is 12.2. The first-order valence-electron chi connectivity index (χ1n) is 4.31. The molecule has 0 aliphatic rings. The van der Waals surface area contributed by atoms with E-state index in [1.807, 2.05) is 0 Å². The first-order valence-corrected chi connectivity index (χ1v) is 4.31. The topological polar surface area (TPSA) is 12.4 Å². The lowest BCUT2D eigenvalue weighted by Crippen LogP contribution is -2.05. The second-order valence-electron chi connectivity index (χ2n) is 3.10. The van der Waals surface area contributed by atoms with Gasteiger partial charge >= 0.3 is 6.18 Å². The van der Waals surface area contributed by atoms with Gasteiger partial charge in [-0.25, -0.2) is 8.78 Å². The second kappa shape index (κ2) is 4.59. The van der Waals surface area contributed by atoms with Crippen LogP contribution in [-0.4, -0.2) is 12.1 Å². The van der Waals surface area contributed by atoms with Crippen LogP contribution in [0.4, 0.5) is 27.6 Å². The Kier molecular flexibility index (Phi) is 3.62. The molecule has 88 valence electrons. The Labute approximate surface area is 88.6 Å². The zero-order chi connectivity index (χ0) is 12.3. The third-order valence-corrected chi connectivity index (χ3v) is 1.82. The van der Waals surface area contributed by atoms with Crippen molar-refractivity contribution in [2.75, 3.05) is 0 Å². The number of halogens is 5. The normalized spacial score (nSPS) is 13.3. The van der Waals surface area contributed by atoms with Crippen molar-refractivity contribution >= 4 is 11.4 Å². The maximum absolute atomic E-state index is 12.2. The van der Waals surface area contributed by atoms with E-state index >= 15 is 0 Å². The number of rotatable bonds is 2. The molecule has 0 saturated carbocycles.